The van der Waals surface area contributed by atoms with E-state index in [0.29, 0.717) is 11.8 Å². The van der Waals surface area contributed by atoms with E-state index in [9.17, 15) is 0 Å². The number of hydrogen-bond acceptors (Lipinski definition) is 3. The number of piperidine rings is 1. The molecule has 3 rings (SSSR count). The number of hydrogen-bond donors (Lipinski definition) is 1. The van der Waals surface area contributed by atoms with Crippen molar-refractivity contribution in [3.8, 4) is 0 Å². The van der Waals surface area contributed by atoms with Crippen LogP contribution in [0.5, 0.6) is 0 Å². The predicted molar refractivity (Wildman–Crippen MR) is 98.8 cm³/mol. The molecule has 2 heterocycles. The lowest BCUT2D eigenvalue weighted by molar-refractivity contribution is 0.438. The van der Waals surface area contributed by atoms with Crippen molar-refractivity contribution in [3.63, 3.8) is 0 Å². The maximum absolute atomic E-state index is 5.96. The zero-order valence-corrected chi connectivity index (χ0v) is 14.9. The van der Waals surface area contributed by atoms with Crippen molar-refractivity contribution in [2.45, 2.75) is 32.1 Å². The monoisotopic (exact) mass is 334 g/mol. The second kappa shape index (κ2) is 7.54. The second-order valence-electron chi connectivity index (χ2n) is 6.40. The summed E-state index contributed by atoms with van der Waals surface area (Å²) in [6.07, 6.45) is 3.48. The molecule has 0 atom stereocenters. The Morgan fingerprint density at radius 1 is 1.30 bits per heavy atom. The maximum Gasteiger partial charge on any atom is 0.112 e. The van der Waals surface area contributed by atoms with Crippen molar-refractivity contribution in [2.24, 2.45) is 7.05 Å². The van der Waals surface area contributed by atoms with Crippen LogP contribution in [-0.4, -0.2) is 41.6 Å². The molecule has 1 aliphatic heterocycles. The third-order valence-electron chi connectivity index (χ3n) is 4.82. The van der Waals surface area contributed by atoms with Gasteiger partial charge in [-0.1, -0.05) is 6.92 Å². The van der Waals surface area contributed by atoms with Crippen LogP contribution in [0.15, 0.2) is 18.2 Å². The minimum atomic E-state index is 0.576. The van der Waals surface area contributed by atoms with Gasteiger partial charge in [0.15, 0.2) is 0 Å². The molecule has 0 amide bonds. The lowest BCUT2D eigenvalue weighted by Gasteiger charge is -2.23. The van der Waals surface area contributed by atoms with Gasteiger partial charge in [0.2, 0.25) is 0 Å². The van der Waals surface area contributed by atoms with E-state index in [1.807, 2.05) is 0 Å². The first-order valence-corrected chi connectivity index (χ1v) is 9.26. The van der Waals surface area contributed by atoms with Crippen molar-refractivity contribution in [3.05, 3.63) is 24.0 Å². The molecule has 4 nitrogen and oxygen atoms in total. The molecule has 1 saturated heterocycles. The molecule has 5 heteroatoms. The summed E-state index contributed by atoms with van der Waals surface area (Å²) in [5, 5.41) is 3.43. The van der Waals surface area contributed by atoms with Gasteiger partial charge in [0.25, 0.3) is 0 Å². The topological polar surface area (TPSA) is 33.1 Å². The van der Waals surface area contributed by atoms with Crippen molar-refractivity contribution in [1.29, 1.82) is 0 Å². The number of imidazole rings is 1. The number of halogens is 1. The first-order chi connectivity index (χ1) is 11.2. The highest BCUT2D eigenvalue weighted by Crippen LogP contribution is 2.29. The van der Waals surface area contributed by atoms with Gasteiger partial charge < -0.3 is 14.8 Å². The summed E-state index contributed by atoms with van der Waals surface area (Å²) in [6.45, 7) is 6.31. The molecule has 1 fully saturated rings. The van der Waals surface area contributed by atoms with Crippen molar-refractivity contribution >= 4 is 28.3 Å². The molecule has 23 heavy (non-hydrogen) atoms. The number of alkyl halides is 1. The largest absolute Gasteiger partial charge is 0.370 e. The van der Waals surface area contributed by atoms with E-state index in [0.717, 1.165) is 38.1 Å². The first kappa shape index (κ1) is 16.6. The highest BCUT2D eigenvalue weighted by molar-refractivity contribution is 6.18. The third-order valence-corrected chi connectivity index (χ3v) is 4.99. The Morgan fingerprint density at radius 2 is 2.09 bits per heavy atom. The van der Waals surface area contributed by atoms with Crippen LogP contribution in [0.25, 0.3) is 11.0 Å². The van der Waals surface area contributed by atoms with Crippen LogP contribution in [0.1, 0.15) is 37.9 Å². The fraction of sp³-hybridized carbons (Fsp3) is 0.611. The molecule has 0 unspecified atom stereocenters. The van der Waals surface area contributed by atoms with Gasteiger partial charge in [0, 0.05) is 37.6 Å². The quantitative estimate of drug-likeness (QED) is 0.821. The molecule has 1 N–H and O–H groups in total. The van der Waals surface area contributed by atoms with Gasteiger partial charge in [0.1, 0.15) is 5.82 Å². The number of anilines is 1. The van der Waals surface area contributed by atoms with Gasteiger partial charge in [0.05, 0.1) is 11.0 Å². The number of fused-ring (bicyclic) bond motifs is 1. The summed E-state index contributed by atoms with van der Waals surface area (Å²) < 4.78 is 2.28. The standard InChI is InChI=1S/C18H27ClN4/c1-3-11-23(12-8-19)15-4-5-17-16(13-15)21-18(22(17)2)14-6-9-20-10-7-14/h4-5,13-14,20H,3,6-12H2,1-2H3. The molecule has 0 spiro atoms. The summed E-state index contributed by atoms with van der Waals surface area (Å²) in [4.78, 5) is 7.33. The molecule has 0 saturated carbocycles. The van der Waals surface area contributed by atoms with Crippen molar-refractivity contribution in [1.82, 2.24) is 14.9 Å². The second-order valence-corrected chi connectivity index (χ2v) is 6.78. The summed E-state index contributed by atoms with van der Waals surface area (Å²) >= 11 is 5.96. The molecular formula is C18H27ClN4. The molecule has 0 radical (unpaired) electrons. The summed E-state index contributed by atoms with van der Waals surface area (Å²) in [5.74, 6) is 2.46. The molecule has 0 bridgehead atoms. The average molecular weight is 335 g/mol. The Bertz CT molecular complexity index is 640. The Kier molecular flexibility index (Phi) is 5.44. The molecule has 1 aliphatic rings. The minimum Gasteiger partial charge on any atom is -0.370 e. The van der Waals surface area contributed by atoms with Crippen LogP contribution in [0.2, 0.25) is 0 Å². The number of aryl methyl sites for hydroxylation is 1. The van der Waals surface area contributed by atoms with Crippen molar-refractivity contribution < 1.29 is 0 Å². The molecule has 1 aromatic carbocycles. The van der Waals surface area contributed by atoms with E-state index in [1.54, 1.807) is 0 Å². The Balaban J connectivity index is 1.93. The predicted octanol–water partition coefficient (Wildman–Crippen LogP) is 3.50. The zero-order chi connectivity index (χ0) is 16.2. The number of benzene rings is 1. The van der Waals surface area contributed by atoms with E-state index in [4.69, 9.17) is 16.6 Å². The van der Waals surface area contributed by atoms with Gasteiger partial charge in [-0.05, 0) is 50.6 Å². The van der Waals surface area contributed by atoms with Crippen LogP contribution in [-0.2, 0) is 7.05 Å². The smallest absolute Gasteiger partial charge is 0.112 e. The van der Waals surface area contributed by atoms with Crippen molar-refractivity contribution in [2.75, 3.05) is 37.0 Å². The van der Waals surface area contributed by atoms with Gasteiger partial charge in [-0.25, -0.2) is 4.98 Å². The van der Waals surface area contributed by atoms with Gasteiger partial charge in [-0.3, -0.25) is 0 Å². The fourth-order valence-electron chi connectivity index (χ4n) is 3.59. The summed E-state index contributed by atoms with van der Waals surface area (Å²) in [5.41, 5.74) is 3.56. The lowest BCUT2D eigenvalue weighted by Crippen LogP contribution is -2.27. The number of nitrogens with one attached hydrogen (secondary N) is 1. The Hall–Kier alpha value is -1.26. The van der Waals surface area contributed by atoms with Crippen LogP contribution < -0.4 is 10.2 Å². The third kappa shape index (κ3) is 3.48. The van der Waals surface area contributed by atoms with E-state index in [2.05, 4.69) is 47.0 Å². The van der Waals surface area contributed by atoms with Crippen LogP contribution in [0.3, 0.4) is 0 Å². The number of nitrogens with zero attached hydrogens (tertiary/aromatic N) is 3. The maximum atomic E-state index is 5.96. The molecule has 126 valence electrons. The molecule has 2 aromatic rings. The highest BCUT2D eigenvalue weighted by atomic mass is 35.5. The Morgan fingerprint density at radius 3 is 2.78 bits per heavy atom. The molecular weight excluding hydrogens is 308 g/mol. The number of rotatable bonds is 6. The van der Waals surface area contributed by atoms with Crippen LogP contribution in [0.4, 0.5) is 5.69 Å². The van der Waals surface area contributed by atoms with Crippen LogP contribution >= 0.6 is 11.6 Å². The normalized spacial score (nSPS) is 16.1. The molecule has 1 aromatic heterocycles. The van der Waals surface area contributed by atoms with Gasteiger partial charge in [-0.2, -0.15) is 0 Å². The van der Waals surface area contributed by atoms with E-state index >= 15 is 0 Å². The average Bonchev–Trinajstić information content (AvgIpc) is 2.92. The summed E-state index contributed by atoms with van der Waals surface area (Å²) in [7, 11) is 2.15. The van der Waals surface area contributed by atoms with Gasteiger partial charge >= 0.3 is 0 Å². The fourth-order valence-corrected chi connectivity index (χ4v) is 3.79. The van der Waals surface area contributed by atoms with E-state index in [1.165, 1.54) is 29.9 Å². The SMILES string of the molecule is CCCN(CCCl)c1ccc2c(c1)nc(C1CCNCC1)n2C. The Labute approximate surface area is 143 Å². The van der Waals surface area contributed by atoms with Crippen LogP contribution in [0, 0.1) is 0 Å². The zero-order valence-electron chi connectivity index (χ0n) is 14.2. The highest BCUT2D eigenvalue weighted by Gasteiger charge is 2.21. The summed E-state index contributed by atoms with van der Waals surface area (Å²) in [6, 6.07) is 6.64. The van der Waals surface area contributed by atoms with E-state index < -0.39 is 0 Å². The number of aromatic nitrogens is 2. The lowest BCUT2D eigenvalue weighted by atomic mass is 9.97. The minimum absolute atomic E-state index is 0.576. The van der Waals surface area contributed by atoms with Gasteiger partial charge in [-0.15, -0.1) is 11.6 Å². The van der Waals surface area contributed by atoms with E-state index in [-0.39, 0.29) is 0 Å². The molecule has 0 aliphatic carbocycles. The first-order valence-electron chi connectivity index (χ1n) is 8.72.